The second-order valence-electron chi connectivity index (χ2n) is 6.73. The van der Waals surface area contributed by atoms with Gasteiger partial charge in [0.1, 0.15) is 0 Å². The molecule has 1 saturated carbocycles. The largest absolute Gasteiger partial charge is 0.459 e. The van der Waals surface area contributed by atoms with Gasteiger partial charge in [0.25, 0.3) is 5.91 Å². The van der Waals surface area contributed by atoms with E-state index in [1.807, 2.05) is 0 Å². The predicted molar refractivity (Wildman–Crippen MR) is 85.8 cm³/mol. The smallest absolute Gasteiger partial charge is 0.289 e. The van der Waals surface area contributed by atoms with Gasteiger partial charge < -0.3 is 20.4 Å². The third kappa shape index (κ3) is 3.58. The molecule has 0 atom stereocenters. The Morgan fingerprint density at radius 1 is 1.22 bits per heavy atom. The molecule has 0 aromatic carbocycles. The summed E-state index contributed by atoms with van der Waals surface area (Å²) < 4.78 is 5.15. The summed E-state index contributed by atoms with van der Waals surface area (Å²) >= 11 is 0. The lowest BCUT2D eigenvalue weighted by Gasteiger charge is -2.36. The lowest BCUT2D eigenvalue weighted by molar-refractivity contribution is -0.128. The van der Waals surface area contributed by atoms with Crippen LogP contribution in [-0.2, 0) is 4.79 Å². The minimum Gasteiger partial charge on any atom is -0.459 e. The Kier molecular flexibility index (Phi) is 4.71. The van der Waals surface area contributed by atoms with Gasteiger partial charge in [-0.1, -0.05) is 19.3 Å². The zero-order valence-corrected chi connectivity index (χ0v) is 13.4. The van der Waals surface area contributed by atoms with E-state index in [9.17, 15) is 9.59 Å². The summed E-state index contributed by atoms with van der Waals surface area (Å²) in [5.74, 6) is 0.269. The molecule has 2 fully saturated rings. The van der Waals surface area contributed by atoms with Gasteiger partial charge in [-0.2, -0.15) is 0 Å². The molecular weight excluding hydrogens is 294 g/mol. The molecule has 0 unspecified atom stereocenters. The maximum Gasteiger partial charge on any atom is 0.289 e. The molecule has 1 aromatic heterocycles. The van der Waals surface area contributed by atoms with Crippen molar-refractivity contribution in [3.63, 3.8) is 0 Å². The monoisotopic (exact) mass is 319 g/mol. The molecule has 3 rings (SSSR count). The number of piperidine rings is 1. The number of amides is 2. The van der Waals surface area contributed by atoms with Crippen molar-refractivity contribution in [2.24, 2.45) is 5.73 Å². The summed E-state index contributed by atoms with van der Waals surface area (Å²) in [5, 5.41) is 3.10. The second-order valence-corrected chi connectivity index (χ2v) is 6.73. The zero-order valence-electron chi connectivity index (χ0n) is 13.4. The number of carbonyl (C=O) groups is 2. The Morgan fingerprint density at radius 3 is 2.52 bits per heavy atom. The fraction of sp³-hybridized carbons (Fsp3) is 0.647. The normalized spacial score (nSPS) is 21.9. The Bertz CT molecular complexity index is 541. The van der Waals surface area contributed by atoms with Crippen LogP contribution in [0.3, 0.4) is 0 Å². The first kappa shape index (κ1) is 16.1. The first-order valence-corrected chi connectivity index (χ1v) is 8.51. The Morgan fingerprint density at radius 2 is 1.91 bits per heavy atom. The fourth-order valence-corrected chi connectivity index (χ4v) is 3.52. The van der Waals surface area contributed by atoms with Gasteiger partial charge in [0.15, 0.2) is 5.76 Å². The van der Waals surface area contributed by atoms with Crippen molar-refractivity contribution in [2.75, 3.05) is 13.1 Å². The minimum absolute atomic E-state index is 0.0204. The molecule has 1 aliphatic carbocycles. The third-order valence-corrected chi connectivity index (χ3v) is 5.05. The van der Waals surface area contributed by atoms with Crippen LogP contribution in [0, 0.1) is 0 Å². The minimum atomic E-state index is -0.695. The third-order valence-electron chi connectivity index (χ3n) is 5.05. The average molecular weight is 319 g/mol. The Balaban J connectivity index is 1.49. The van der Waals surface area contributed by atoms with E-state index in [4.69, 9.17) is 10.2 Å². The van der Waals surface area contributed by atoms with Crippen LogP contribution in [-0.4, -0.2) is 41.4 Å². The van der Waals surface area contributed by atoms with Gasteiger partial charge in [-0.3, -0.25) is 9.59 Å². The molecule has 2 aliphatic rings. The molecule has 0 bridgehead atoms. The van der Waals surface area contributed by atoms with Crippen LogP contribution in [0.2, 0.25) is 0 Å². The molecule has 1 aromatic rings. The van der Waals surface area contributed by atoms with Crippen molar-refractivity contribution in [1.29, 1.82) is 0 Å². The van der Waals surface area contributed by atoms with E-state index in [1.165, 1.54) is 12.7 Å². The molecule has 6 nitrogen and oxygen atoms in total. The number of carbonyl (C=O) groups excluding carboxylic acids is 2. The maximum absolute atomic E-state index is 12.5. The standard InChI is InChI=1S/C17H25N3O3/c18-17(8-2-1-3-9-17)16(22)19-13-6-10-20(11-7-13)15(21)14-5-4-12-23-14/h4-5,12-13H,1-3,6-11,18H2,(H,19,22). The molecule has 3 N–H and O–H groups in total. The van der Waals surface area contributed by atoms with Gasteiger partial charge in [0.2, 0.25) is 5.91 Å². The van der Waals surface area contributed by atoms with Crippen molar-refractivity contribution in [3.8, 4) is 0 Å². The van der Waals surface area contributed by atoms with Gasteiger partial charge in [0, 0.05) is 19.1 Å². The van der Waals surface area contributed by atoms with E-state index in [-0.39, 0.29) is 17.9 Å². The Hall–Kier alpha value is -1.82. The van der Waals surface area contributed by atoms with E-state index in [2.05, 4.69) is 5.32 Å². The molecular formula is C17H25N3O3. The highest BCUT2D eigenvalue weighted by Crippen LogP contribution is 2.26. The predicted octanol–water partition coefficient (Wildman–Crippen LogP) is 1.66. The Labute approximate surface area is 136 Å². The van der Waals surface area contributed by atoms with Gasteiger partial charge in [0.05, 0.1) is 11.8 Å². The number of nitrogens with two attached hydrogens (primary N) is 1. The number of nitrogens with zero attached hydrogens (tertiary/aromatic N) is 1. The van der Waals surface area contributed by atoms with Crippen molar-refractivity contribution in [3.05, 3.63) is 24.2 Å². The first-order valence-electron chi connectivity index (χ1n) is 8.51. The lowest BCUT2D eigenvalue weighted by Crippen LogP contribution is -2.58. The number of furan rings is 1. The topological polar surface area (TPSA) is 88.6 Å². The van der Waals surface area contributed by atoms with Crippen LogP contribution < -0.4 is 11.1 Å². The number of likely N-dealkylation sites (tertiary alicyclic amines) is 1. The van der Waals surface area contributed by atoms with Crippen molar-refractivity contribution in [2.45, 2.75) is 56.5 Å². The van der Waals surface area contributed by atoms with Gasteiger partial charge in [-0.25, -0.2) is 0 Å². The number of hydrogen-bond donors (Lipinski definition) is 2. The lowest BCUT2D eigenvalue weighted by atomic mass is 9.81. The number of nitrogens with one attached hydrogen (secondary N) is 1. The highest BCUT2D eigenvalue weighted by atomic mass is 16.3. The maximum atomic E-state index is 12.5. The van der Waals surface area contributed by atoms with E-state index in [0.717, 1.165) is 38.5 Å². The second kappa shape index (κ2) is 6.74. The summed E-state index contributed by atoms with van der Waals surface area (Å²) in [6, 6.07) is 3.49. The molecule has 1 aliphatic heterocycles. The van der Waals surface area contributed by atoms with Crippen LogP contribution in [0.1, 0.15) is 55.5 Å². The molecule has 0 spiro atoms. The van der Waals surface area contributed by atoms with Gasteiger partial charge in [-0.15, -0.1) is 0 Å². The molecule has 126 valence electrons. The van der Waals surface area contributed by atoms with Crippen LogP contribution >= 0.6 is 0 Å². The quantitative estimate of drug-likeness (QED) is 0.887. The van der Waals surface area contributed by atoms with Gasteiger partial charge in [-0.05, 0) is 37.8 Å². The summed E-state index contributed by atoms with van der Waals surface area (Å²) in [6.45, 7) is 1.25. The number of rotatable bonds is 3. The van der Waals surface area contributed by atoms with Crippen LogP contribution in [0.25, 0.3) is 0 Å². The van der Waals surface area contributed by atoms with E-state index >= 15 is 0 Å². The van der Waals surface area contributed by atoms with Crippen LogP contribution in [0.15, 0.2) is 22.8 Å². The van der Waals surface area contributed by atoms with E-state index in [1.54, 1.807) is 17.0 Å². The summed E-state index contributed by atoms with van der Waals surface area (Å²) in [4.78, 5) is 26.4. The fourth-order valence-electron chi connectivity index (χ4n) is 3.52. The molecule has 2 heterocycles. The summed E-state index contributed by atoms with van der Waals surface area (Å²) in [5.41, 5.74) is 5.58. The number of hydrogen-bond acceptors (Lipinski definition) is 4. The van der Waals surface area contributed by atoms with Crippen molar-refractivity contribution >= 4 is 11.8 Å². The molecule has 2 amide bonds. The van der Waals surface area contributed by atoms with Crippen molar-refractivity contribution < 1.29 is 14.0 Å². The van der Waals surface area contributed by atoms with Crippen LogP contribution in [0.4, 0.5) is 0 Å². The SMILES string of the molecule is NC1(C(=O)NC2CCN(C(=O)c3ccco3)CC2)CCCCC1. The molecule has 0 radical (unpaired) electrons. The zero-order chi connectivity index (χ0) is 16.3. The highest BCUT2D eigenvalue weighted by molar-refractivity contribution is 5.91. The summed E-state index contributed by atoms with van der Waals surface area (Å²) in [6.07, 6.45) is 7.79. The van der Waals surface area contributed by atoms with E-state index in [0.29, 0.717) is 18.8 Å². The summed E-state index contributed by atoms with van der Waals surface area (Å²) in [7, 11) is 0. The average Bonchev–Trinajstić information content (AvgIpc) is 3.10. The first-order chi connectivity index (χ1) is 11.1. The van der Waals surface area contributed by atoms with Crippen molar-refractivity contribution in [1.82, 2.24) is 10.2 Å². The molecule has 1 saturated heterocycles. The van der Waals surface area contributed by atoms with Crippen LogP contribution in [0.5, 0.6) is 0 Å². The molecule has 6 heteroatoms. The highest BCUT2D eigenvalue weighted by Gasteiger charge is 2.37. The van der Waals surface area contributed by atoms with Gasteiger partial charge >= 0.3 is 0 Å². The molecule has 23 heavy (non-hydrogen) atoms. The van der Waals surface area contributed by atoms with E-state index < -0.39 is 5.54 Å².